The molecule has 2 aromatic carbocycles. The van der Waals surface area contributed by atoms with Crippen LogP contribution < -0.4 is 4.90 Å². The Bertz CT molecular complexity index is 811. The predicted molar refractivity (Wildman–Crippen MR) is 109 cm³/mol. The summed E-state index contributed by atoms with van der Waals surface area (Å²) in [5.41, 5.74) is 3.68. The van der Waals surface area contributed by atoms with Gasteiger partial charge in [-0.2, -0.15) is 11.3 Å². The number of hydrogen-bond acceptors (Lipinski definition) is 4. The summed E-state index contributed by atoms with van der Waals surface area (Å²) in [7, 11) is 0. The van der Waals surface area contributed by atoms with Gasteiger partial charge in [0.2, 0.25) is 0 Å². The number of nitrogens with zero attached hydrogens (tertiary/aromatic N) is 2. The zero-order valence-electron chi connectivity index (χ0n) is 14.8. The average Bonchev–Trinajstić information content (AvgIpc) is 3.19. The third-order valence-electron chi connectivity index (χ3n) is 5.06. The van der Waals surface area contributed by atoms with Crippen LogP contribution in [0, 0.1) is 0 Å². The Morgan fingerprint density at radius 1 is 0.962 bits per heavy atom. The SMILES string of the molecule is Oc1cccc(N(c2ccsc2)C2CCN(Cc3ccccc3)CC2)c1. The van der Waals surface area contributed by atoms with Gasteiger partial charge in [0.1, 0.15) is 5.75 Å². The highest BCUT2D eigenvalue weighted by Gasteiger charge is 2.26. The maximum atomic E-state index is 9.93. The molecular weight excluding hydrogens is 340 g/mol. The van der Waals surface area contributed by atoms with Crippen molar-refractivity contribution >= 4 is 22.7 Å². The van der Waals surface area contributed by atoms with E-state index in [0.29, 0.717) is 11.8 Å². The van der Waals surface area contributed by atoms with E-state index in [2.05, 4.69) is 63.0 Å². The number of aromatic hydroxyl groups is 1. The van der Waals surface area contributed by atoms with Gasteiger partial charge in [-0.05, 0) is 42.0 Å². The van der Waals surface area contributed by atoms with Gasteiger partial charge in [0.25, 0.3) is 0 Å². The maximum Gasteiger partial charge on any atom is 0.117 e. The van der Waals surface area contributed by atoms with E-state index >= 15 is 0 Å². The molecule has 0 unspecified atom stereocenters. The minimum atomic E-state index is 0.323. The van der Waals surface area contributed by atoms with E-state index in [4.69, 9.17) is 0 Å². The van der Waals surface area contributed by atoms with Gasteiger partial charge in [-0.25, -0.2) is 0 Å². The summed E-state index contributed by atoms with van der Waals surface area (Å²) in [5.74, 6) is 0.323. The molecule has 1 aromatic heterocycles. The first-order valence-corrected chi connectivity index (χ1v) is 10.1. The highest BCUT2D eigenvalue weighted by molar-refractivity contribution is 7.08. The molecule has 1 fully saturated rings. The van der Waals surface area contributed by atoms with Gasteiger partial charge in [0.15, 0.2) is 0 Å². The molecule has 0 radical (unpaired) electrons. The van der Waals surface area contributed by atoms with Crippen molar-refractivity contribution in [2.75, 3.05) is 18.0 Å². The molecule has 0 bridgehead atoms. The van der Waals surface area contributed by atoms with Crippen LogP contribution >= 0.6 is 11.3 Å². The molecule has 0 atom stereocenters. The summed E-state index contributed by atoms with van der Waals surface area (Å²) in [5, 5.41) is 14.2. The lowest BCUT2D eigenvalue weighted by atomic mass is 10.0. The van der Waals surface area contributed by atoms with Gasteiger partial charge in [-0.3, -0.25) is 4.90 Å². The van der Waals surface area contributed by atoms with Crippen molar-refractivity contribution in [2.24, 2.45) is 0 Å². The van der Waals surface area contributed by atoms with Crippen LogP contribution in [0.3, 0.4) is 0 Å². The molecule has 0 spiro atoms. The van der Waals surface area contributed by atoms with E-state index in [9.17, 15) is 5.11 Å². The first-order valence-electron chi connectivity index (χ1n) is 9.16. The number of thiophene rings is 1. The minimum Gasteiger partial charge on any atom is -0.508 e. The van der Waals surface area contributed by atoms with Crippen molar-refractivity contribution in [2.45, 2.75) is 25.4 Å². The molecule has 26 heavy (non-hydrogen) atoms. The zero-order chi connectivity index (χ0) is 17.8. The van der Waals surface area contributed by atoms with Gasteiger partial charge in [-0.15, -0.1) is 0 Å². The number of phenols is 1. The lowest BCUT2D eigenvalue weighted by Gasteiger charge is -2.39. The molecular formula is C22H24N2OS. The van der Waals surface area contributed by atoms with Gasteiger partial charge in [-0.1, -0.05) is 36.4 Å². The van der Waals surface area contributed by atoms with Crippen molar-refractivity contribution in [1.82, 2.24) is 4.90 Å². The van der Waals surface area contributed by atoms with E-state index in [1.807, 2.05) is 12.1 Å². The third-order valence-corrected chi connectivity index (χ3v) is 5.73. The number of likely N-dealkylation sites (tertiary alicyclic amines) is 1. The van der Waals surface area contributed by atoms with E-state index in [1.165, 1.54) is 11.3 Å². The summed E-state index contributed by atoms with van der Waals surface area (Å²) in [6.07, 6.45) is 2.25. The van der Waals surface area contributed by atoms with Crippen LogP contribution in [0.15, 0.2) is 71.4 Å². The van der Waals surface area contributed by atoms with Crippen LogP contribution in [0.25, 0.3) is 0 Å². The Morgan fingerprint density at radius 2 is 1.77 bits per heavy atom. The monoisotopic (exact) mass is 364 g/mol. The highest BCUT2D eigenvalue weighted by atomic mass is 32.1. The third kappa shape index (κ3) is 3.92. The highest BCUT2D eigenvalue weighted by Crippen LogP contribution is 2.34. The lowest BCUT2D eigenvalue weighted by Crippen LogP contribution is -2.42. The molecule has 134 valence electrons. The Balaban J connectivity index is 1.48. The first kappa shape index (κ1) is 17.1. The fourth-order valence-corrected chi connectivity index (χ4v) is 4.41. The average molecular weight is 365 g/mol. The smallest absolute Gasteiger partial charge is 0.117 e. The topological polar surface area (TPSA) is 26.7 Å². The molecule has 1 aliphatic heterocycles. The van der Waals surface area contributed by atoms with E-state index in [-0.39, 0.29) is 0 Å². The molecule has 0 amide bonds. The second kappa shape index (κ2) is 7.94. The van der Waals surface area contributed by atoms with Crippen molar-refractivity contribution in [3.05, 3.63) is 77.0 Å². The summed E-state index contributed by atoms with van der Waals surface area (Å²) in [6, 6.07) is 21.0. The second-order valence-electron chi connectivity index (χ2n) is 6.86. The number of rotatable bonds is 5. The molecule has 1 aliphatic rings. The van der Waals surface area contributed by atoms with E-state index in [0.717, 1.165) is 38.2 Å². The number of anilines is 2. The zero-order valence-corrected chi connectivity index (χ0v) is 15.6. The standard InChI is InChI=1S/C22H24N2OS/c25-22-8-4-7-20(15-22)24(21-11-14-26-17-21)19-9-12-23(13-10-19)16-18-5-2-1-3-6-18/h1-8,11,14-15,17,19,25H,9-10,12-13,16H2. The van der Waals surface area contributed by atoms with Crippen LogP contribution in [0.2, 0.25) is 0 Å². The minimum absolute atomic E-state index is 0.323. The molecule has 2 heterocycles. The molecule has 4 rings (SSSR count). The largest absolute Gasteiger partial charge is 0.508 e. The molecule has 3 nitrogen and oxygen atoms in total. The van der Waals surface area contributed by atoms with Gasteiger partial charge in [0.05, 0.1) is 5.69 Å². The van der Waals surface area contributed by atoms with E-state index in [1.54, 1.807) is 17.4 Å². The number of piperidine rings is 1. The van der Waals surface area contributed by atoms with Crippen LogP contribution in [-0.2, 0) is 6.54 Å². The maximum absolute atomic E-state index is 9.93. The number of phenolic OH excluding ortho intramolecular Hbond substituents is 1. The Labute approximate surface area is 159 Å². The normalized spacial score (nSPS) is 15.8. The molecule has 0 saturated carbocycles. The van der Waals surface area contributed by atoms with Crippen LogP contribution in [0.1, 0.15) is 18.4 Å². The van der Waals surface area contributed by atoms with Crippen molar-refractivity contribution in [3.8, 4) is 5.75 Å². The fraction of sp³-hybridized carbons (Fsp3) is 0.273. The molecule has 1 N–H and O–H groups in total. The molecule has 4 heteroatoms. The molecule has 3 aromatic rings. The second-order valence-corrected chi connectivity index (χ2v) is 7.64. The van der Waals surface area contributed by atoms with E-state index < -0.39 is 0 Å². The summed E-state index contributed by atoms with van der Waals surface area (Å²) in [4.78, 5) is 4.94. The predicted octanol–water partition coefficient (Wildman–Crippen LogP) is 5.26. The number of hydrogen-bond donors (Lipinski definition) is 1. The van der Waals surface area contributed by atoms with Crippen LogP contribution in [-0.4, -0.2) is 29.1 Å². The molecule has 0 aliphatic carbocycles. The summed E-state index contributed by atoms with van der Waals surface area (Å²) >= 11 is 1.72. The van der Waals surface area contributed by atoms with Gasteiger partial charge < -0.3 is 10.0 Å². The Morgan fingerprint density at radius 3 is 2.46 bits per heavy atom. The summed E-state index contributed by atoms with van der Waals surface area (Å²) < 4.78 is 0. The van der Waals surface area contributed by atoms with Crippen LogP contribution in [0.4, 0.5) is 11.4 Å². The van der Waals surface area contributed by atoms with Gasteiger partial charge in [0, 0.05) is 42.8 Å². The first-order chi connectivity index (χ1) is 12.8. The Hall–Kier alpha value is -2.30. The lowest BCUT2D eigenvalue weighted by molar-refractivity contribution is 0.205. The quantitative estimate of drug-likeness (QED) is 0.669. The number of benzene rings is 2. The fourth-order valence-electron chi connectivity index (χ4n) is 3.79. The van der Waals surface area contributed by atoms with Crippen molar-refractivity contribution in [3.63, 3.8) is 0 Å². The van der Waals surface area contributed by atoms with Crippen molar-refractivity contribution < 1.29 is 5.11 Å². The molecule has 1 saturated heterocycles. The summed E-state index contributed by atoms with van der Waals surface area (Å²) in [6.45, 7) is 3.22. The van der Waals surface area contributed by atoms with Gasteiger partial charge >= 0.3 is 0 Å². The Kier molecular flexibility index (Phi) is 5.23. The van der Waals surface area contributed by atoms with Crippen molar-refractivity contribution in [1.29, 1.82) is 0 Å². The van der Waals surface area contributed by atoms with Crippen LogP contribution in [0.5, 0.6) is 5.75 Å².